The molecule has 0 amide bonds. The van der Waals surface area contributed by atoms with Crippen LogP contribution in [0, 0.1) is 0 Å². The molecular formula is C11H25NO. The molecular weight excluding hydrogens is 162 g/mol. The second-order valence-electron chi connectivity index (χ2n) is 3.99. The minimum Gasteiger partial charge on any atom is -0.364 e. The molecule has 80 valence electrons. The van der Waals surface area contributed by atoms with E-state index in [4.69, 9.17) is 4.74 Å². The lowest BCUT2D eigenvalue weighted by molar-refractivity contribution is -0.109. The van der Waals surface area contributed by atoms with E-state index in [1.165, 1.54) is 19.3 Å². The minimum absolute atomic E-state index is 0.106. The zero-order valence-corrected chi connectivity index (χ0v) is 9.89. The molecule has 0 aromatic heterocycles. The summed E-state index contributed by atoms with van der Waals surface area (Å²) in [6.07, 6.45) is 3.70. The molecule has 0 aliphatic heterocycles. The summed E-state index contributed by atoms with van der Waals surface area (Å²) in [6.45, 7) is 11.0. The van der Waals surface area contributed by atoms with Crippen molar-refractivity contribution in [2.75, 3.05) is 20.2 Å². The Labute approximate surface area is 83.3 Å². The Morgan fingerprint density at radius 2 is 1.69 bits per heavy atom. The zero-order chi connectivity index (χ0) is 10.3. The molecule has 0 atom stereocenters. The first-order valence-electron chi connectivity index (χ1n) is 5.38. The number of ether oxygens (including phenoxy) is 1. The van der Waals surface area contributed by atoms with Crippen LogP contribution in [-0.2, 0) is 4.74 Å². The molecule has 0 unspecified atom stereocenters. The Morgan fingerprint density at radius 3 is 2.08 bits per heavy atom. The first-order chi connectivity index (χ1) is 6.08. The molecule has 0 fully saturated rings. The van der Waals surface area contributed by atoms with Crippen molar-refractivity contribution in [3.8, 4) is 0 Å². The van der Waals surface area contributed by atoms with Crippen molar-refractivity contribution in [2.24, 2.45) is 0 Å². The number of hydrogen-bond acceptors (Lipinski definition) is 2. The Bertz CT molecular complexity index is 123. The van der Waals surface area contributed by atoms with Crippen molar-refractivity contribution < 1.29 is 4.74 Å². The van der Waals surface area contributed by atoms with Crippen molar-refractivity contribution in [1.82, 2.24) is 4.90 Å². The largest absolute Gasteiger partial charge is 0.364 e. The van der Waals surface area contributed by atoms with Crippen LogP contribution < -0.4 is 0 Å². The minimum atomic E-state index is -0.106. The van der Waals surface area contributed by atoms with Crippen LogP contribution in [0.15, 0.2) is 0 Å². The Balaban J connectivity index is 4.05. The SMILES string of the molecule is CCCCN(CCC)C(C)(C)OC. The van der Waals surface area contributed by atoms with Gasteiger partial charge in [-0.15, -0.1) is 0 Å². The highest BCUT2D eigenvalue weighted by Gasteiger charge is 2.24. The van der Waals surface area contributed by atoms with E-state index in [0.717, 1.165) is 13.1 Å². The summed E-state index contributed by atoms with van der Waals surface area (Å²) in [7, 11) is 1.79. The Hall–Kier alpha value is -0.0800. The number of rotatable bonds is 7. The van der Waals surface area contributed by atoms with Crippen molar-refractivity contribution in [3.05, 3.63) is 0 Å². The smallest absolute Gasteiger partial charge is 0.115 e. The van der Waals surface area contributed by atoms with Gasteiger partial charge in [0.25, 0.3) is 0 Å². The van der Waals surface area contributed by atoms with Gasteiger partial charge in [-0.1, -0.05) is 20.3 Å². The van der Waals surface area contributed by atoms with Crippen LogP contribution >= 0.6 is 0 Å². The standard InChI is InChI=1S/C11H25NO/c1-6-8-10-12(9-7-2)11(3,4)13-5/h6-10H2,1-5H3. The summed E-state index contributed by atoms with van der Waals surface area (Å²) in [5.74, 6) is 0. The lowest BCUT2D eigenvalue weighted by Gasteiger charge is -2.37. The first-order valence-corrected chi connectivity index (χ1v) is 5.38. The van der Waals surface area contributed by atoms with E-state index in [1.807, 2.05) is 0 Å². The maximum atomic E-state index is 5.48. The fourth-order valence-corrected chi connectivity index (χ4v) is 1.40. The summed E-state index contributed by atoms with van der Waals surface area (Å²) in [6, 6.07) is 0. The zero-order valence-electron chi connectivity index (χ0n) is 9.89. The topological polar surface area (TPSA) is 12.5 Å². The second kappa shape index (κ2) is 6.39. The quantitative estimate of drug-likeness (QED) is 0.568. The molecule has 0 spiro atoms. The van der Waals surface area contributed by atoms with Crippen LogP contribution in [0.3, 0.4) is 0 Å². The van der Waals surface area contributed by atoms with Crippen molar-refractivity contribution in [2.45, 2.75) is 52.7 Å². The third kappa shape index (κ3) is 4.63. The van der Waals surface area contributed by atoms with E-state index in [1.54, 1.807) is 7.11 Å². The Morgan fingerprint density at radius 1 is 1.08 bits per heavy atom. The third-order valence-corrected chi connectivity index (χ3v) is 2.54. The number of methoxy groups -OCH3 is 1. The normalized spacial score (nSPS) is 12.5. The molecule has 0 N–H and O–H groups in total. The van der Waals surface area contributed by atoms with Gasteiger partial charge >= 0.3 is 0 Å². The maximum Gasteiger partial charge on any atom is 0.115 e. The highest BCUT2D eigenvalue weighted by Crippen LogP contribution is 2.16. The highest BCUT2D eigenvalue weighted by atomic mass is 16.5. The van der Waals surface area contributed by atoms with Crippen molar-refractivity contribution >= 4 is 0 Å². The maximum absolute atomic E-state index is 5.48. The van der Waals surface area contributed by atoms with Crippen molar-refractivity contribution in [3.63, 3.8) is 0 Å². The van der Waals surface area contributed by atoms with Crippen LogP contribution in [0.5, 0.6) is 0 Å². The first kappa shape index (κ1) is 12.9. The number of nitrogens with zero attached hydrogens (tertiary/aromatic N) is 1. The van der Waals surface area contributed by atoms with Crippen LogP contribution in [0.1, 0.15) is 47.0 Å². The molecule has 0 saturated carbocycles. The van der Waals surface area contributed by atoms with Gasteiger partial charge in [-0.2, -0.15) is 0 Å². The van der Waals surface area contributed by atoms with Crippen molar-refractivity contribution in [1.29, 1.82) is 0 Å². The van der Waals surface area contributed by atoms with Gasteiger partial charge in [-0.05, 0) is 26.7 Å². The number of unbranched alkanes of at least 4 members (excludes halogenated alkanes) is 1. The molecule has 2 nitrogen and oxygen atoms in total. The third-order valence-electron chi connectivity index (χ3n) is 2.54. The van der Waals surface area contributed by atoms with Gasteiger partial charge in [0.1, 0.15) is 5.72 Å². The van der Waals surface area contributed by atoms with Gasteiger partial charge in [0.15, 0.2) is 0 Å². The molecule has 0 aliphatic carbocycles. The van der Waals surface area contributed by atoms with Gasteiger partial charge in [0, 0.05) is 20.2 Å². The summed E-state index contributed by atoms with van der Waals surface area (Å²) in [5.41, 5.74) is -0.106. The lowest BCUT2D eigenvalue weighted by Crippen LogP contribution is -2.46. The predicted octanol–water partition coefficient (Wildman–Crippen LogP) is 2.88. The van der Waals surface area contributed by atoms with E-state index < -0.39 is 0 Å². The van der Waals surface area contributed by atoms with E-state index in [0.29, 0.717) is 0 Å². The molecule has 2 heteroatoms. The highest BCUT2D eigenvalue weighted by molar-refractivity contribution is 4.70. The molecule has 13 heavy (non-hydrogen) atoms. The molecule has 0 saturated heterocycles. The fraction of sp³-hybridized carbons (Fsp3) is 1.00. The molecule has 0 aliphatic rings. The van der Waals surface area contributed by atoms with Crippen LogP contribution in [0.2, 0.25) is 0 Å². The molecule has 0 bridgehead atoms. The van der Waals surface area contributed by atoms with Crippen LogP contribution in [-0.4, -0.2) is 30.8 Å². The van der Waals surface area contributed by atoms with Gasteiger partial charge in [0.2, 0.25) is 0 Å². The monoisotopic (exact) mass is 187 g/mol. The van der Waals surface area contributed by atoms with Gasteiger partial charge in [-0.3, -0.25) is 4.90 Å². The van der Waals surface area contributed by atoms with E-state index in [9.17, 15) is 0 Å². The average molecular weight is 187 g/mol. The molecule has 0 rings (SSSR count). The Kier molecular flexibility index (Phi) is 6.35. The van der Waals surface area contributed by atoms with E-state index in [-0.39, 0.29) is 5.72 Å². The molecule has 0 radical (unpaired) electrons. The fourth-order valence-electron chi connectivity index (χ4n) is 1.40. The summed E-state index contributed by atoms with van der Waals surface area (Å²) >= 11 is 0. The predicted molar refractivity (Wildman–Crippen MR) is 57.9 cm³/mol. The van der Waals surface area contributed by atoms with Crippen LogP contribution in [0.25, 0.3) is 0 Å². The second-order valence-corrected chi connectivity index (χ2v) is 3.99. The van der Waals surface area contributed by atoms with E-state index >= 15 is 0 Å². The summed E-state index contributed by atoms with van der Waals surface area (Å²) in [5, 5.41) is 0. The lowest BCUT2D eigenvalue weighted by atomic mass is 10.2. The van der Waals surface area contributed by atoms with Gasteiger partial charge < -0.3 is 4.74 Å². The summed E-state index contributed by atoms with van der Waals surface area (Å²) in [4.78, 5) is 2.41. The summed E-state index contributed by atoms with van der Waals surface area (Å²) < 4.78 is 5.48. The molecule has 0 aromatic carbocycles. The number of hydrogen-bond donors (Lipinski definition) is 0. The van der Waals surface area contributed by atoms with Crippen LogP contribution in [0.4, 0.5) is 0 Å². The van der Waals surface area contributed by atoms with Gasteiger partial charge in [0.05, 0.1) is 0 Å². The molecule has 0 heterocycles. The molecule has 0 aromatic rings. The average Bonchev–Trinajstić information content (AvgIpc) is 2.12. The van der Waals surface area contributed by atoms with E-state index in [2.05, 4.69) is 32.6 Å². The van der Waals surface area contributed by atoms with Gasteiger partial charge in [-0.25, -0.2) is 0 Å².